The molecule has 0 atom stereocenters. The highest BCUT2D eigenvalue weighted by Gasteiger charge is 2.21. The number of anilines is 2. The Morgan fingerprint density at radius 3 is 2.37 bits per heavy atom. The van der Waals surface area contributed by atoms with E-state index >= 15 is 0 Å². The molecule has 2 aromatic carbocycles. The normalized spacial score (nSPS) is 14.3. The van der Waals surface area contributed by atoms with Gasteiger partial charge < -0.3 is 15.1 Å². The average Bonchev–Trinajstić information content (AvgIpc) is 2.73. The molecule has 3 rings (SSSR count). The van der Waals surface area contributed by atoms with Crippen LogP contribution >= 0.6 is 34.8 Å². The molecule has 0 radical (unpaired) electrons. The summed E-state index contributed by atoms with van der Waals surface area (Å²) in [5.41, 5.74) is 2.19. The van der Waals surface area contributed by atoms with Gasteiger partial charge in [0.25, 0.3) is 0 Å². The molecule has 5 nitrogen and oxygen atoms in total. The lowest BCUT2D eigenvalue weighted by Crippen LogP contribution is -2.48. The van der Waals surface area contributed by atoms with E-state index in [1.807, 2.05) is 24.0 Å². The Morgan fingerprint density at radius 1 is 1.00 bits per heavy atom. The van der Waals surface area contributed by atoms with Crippen LogP contribution in [0.4, 0.5) is 11.4 Å². The summed E-state index contributed by atoms with van der Waals surface area (Å²) < 4.78 is 0. The van der Waals surface area contributed by atoms with E-state index in [0.717, 1.165) is 18.8 Å². The van der Waals surface area contributed by atoms with Crippen LogP contribution in [0.2, 0.25) is 15.1 Å². The Kier molecular flexibility index (Phi) is 7.64. The molecule has 1 N–H and O–H groups in total. The maximum absolute atomic E-state index is 12.2. The van der Waals surface area contributed by atoms with Crippen molar-refractivity contribution in [1.29, 1.82) is 0 Å². The molecule has 1 saturated heterocycles. The lowest BCUT2D eigenvalue weighted by Gasteiger charge is -2.36. The fourth-order valence-electron chi connectivity index (χ4n) is 3.25. The van der Waals surface area contributed by atoms with Gasteiger partial charge in [-0.3, -0.25) is 9.59 Å². The third-order valence-corrected chi connectivity index (χ3v) is 5.73. The van der Waals surface area contributed by atoms with Crippen LogP contribution in [0.3, 0.4) is 0 Å². The summed E-state index contributed by atoms with van der Waals surface area (Å²) in [6, 6.07) is 10.5. The van der Waals surface area contributed by atoms with Crippen LogP contribution in [0.5, 0.6) is 0 Å². The maximum atomic E-state index is 12.2. The number of carbonyl (C=O) groups excluding carboxylic acids is 2. The lowest BCUT2D eigenvalue weighted by molar-refractivity contribution is -0.131. The summed E-state index contributed by atoms with van der Waals surface area (Å²) in [7, 11) is 0. The molecule has 1 heterocycles. The minimum absolute atomic E-state index is 0.173. The van der Waals surface area contributed by atoms with Crippen molar-refractivity contribution in [3.8, 4) is 0 Å². The highest BCUT2D eigenvalue weighted by Crippen LogP contribution is 2.30. The quantitative estimate of drug-likeness (QED) is 0.604. The van der Waals surface area contributed by atoms with E-state index in [1.165, 1.54) is 6.08 Å². The zero-order chi connectivity index (χ0) is 21.7. The first-order chi connectivity index (χ1) is 14.4. The molecular formula is C22H22Cl3N3O2. The van der Waals surface area contributed by atoms with E-state index < -0.39 is 0 Å². The summed E-state index contributed by atoms with van der Waals surface area (Å²) >= 11 is 18.4. The van der Waals surface area contributed by atoms with Gasteiger partial charge in [-0.15, -0.1) is 0 Å². The second kappa shape index (κ2) is 10.2. The maximum Gasteiger partial charge on any atom is 0.248 e. The van der Waals surface area contributed by atoms with Crippen molar-refractivity contribution in [3.63, 3.8) is 0 Å². The number of nitrogens with zero attached hydrogens (tertiary/aromatic N) is 2. The predicted molar refractivity (Wildman–Crippen MR) is 125 cm³/mol. The van der Waals surface area contributed by atoms with Crippen molar-refractivity contribution in [1.82, 2.24) is 4.90 Å². The van der Waals surface area contributed by atoms with Crippen molar-refractivity contribution in [3.05, 3.63) is 63.1 Å². The fourth-order valence-corrected chi connectivity index (χ4v) is 4.02. The molecular weight excluding hydrogens is 445 g/mol. The van der Waals surface area contributed by atoms with Gasteiger partial charge >= 0.3 is 0 Å². The van der Waals surface area contributed by atoms with Crippen LogP contribution < -0.4 is 10.2 Å². The van der Waals surface area contributed by atoms with Crippen LogP contribution in [-0.4, -0.2) is 42.9 Å². The highest BCUT2D eigenvalue weighted by atomic mass is 35.5. The standard InChI is InChI=1S/C22H22Cl3N3O2/c1-2-22(30)28-11-9-27(10-12-28)20-7-6-17(14-19(20)25)26-21(29)8-4-15-3-5-16(23)13-18(15)24/h3-8,13-14H,2,9-12H2,1H3,(H,26,29)/b8-4+. The molecule has 0 unspecified atom stereocenters. The Bertz CT molecular complexity index is 970. The highest BCUT2D eigenvalue weighted by molar-refractivity contribution is 6.35. The Labute approximate surface area is 191 Å². The second-order valence-corrected chi connectivity index (χ2v) is 8.13. The van der Waals surface area contributed by atoms with Crippen molar-refractivity contribution < 1.29 is 9.59 Å². The van der Waals surface area contributed by atoms with Gasteiger partial charge in [0.15, 0.2) is 0 Å². The Balaban J connectivity index is 1.60. The van der Waals surface area contributed by atoms with Gasteiger partial charge in [0.2, 0.25) is 11.8 Å². The molecule has 0 bridgehead atoms. The Hall–Kier alpha value is -2.21. The summed E-state index contributed by atoms with van der Waals surface area (Å²) in [5, 5.41) is 4.35. The SMILES string of the molecule is CCC(=O)N1CCN(c2ccc(NC(=O)/C=C/c3ccc(Cl)cc3Cl)cc2Cl)CC1. The molecule has 8 heteroatoms. The molecule has 1 fully saturated rings. The van der Waals surface area contributed by atoms with Crippen LogP contribution in [-0.2, 0) is 9.59 Å². The van der Waals surface area contributed by atoms with E-state index in [1.54, 1.807) is 30.3 Å². The van der Waals surface area contributed by atoms with Gasteiger partial charge in [-0.05, 0) is 42.0 Å². The number of amides is 2. The minimum Gasteiger partial charge on any atom is -0.367 e. The first-order valence-electron chi connectivity index (χ1n) is 9.63. The van der Waals surface area contributed by atoms with Crippen LogP contribution in [0.25, 0.3) is 6.08 Å². The number of nitrogens with one attached hydrogen (secondary N) is 1. The lowest BCUT2D eigenvalue weighted by atomic mass is 10.2. The van der Waals surface area contributed by atoms with E-state index in [-0.39, 0.29) is 11.8 Å². The summed E-state index contributed by atoms with van der Waals surface area (Å²) in [6.45, 7) is 4.68. The predicted octanol–water partition coefficient (Wildman–Crippen LogP) is 5.36. The van der Waals surface area contributed by atoms with Gasteiger partial charge in [0, 0.05) is 54.4 Å². The van der Waals surface area contributed by atoms with Crippen molar-refractivity contribution in [2.24, 2.45) is 0 Å². The molecule has 0 aromatic heterocycles. The minimum atomic E-state index is -0.295. The number of carbonyl (C=O) groups is 2. The monoisotopic (exact) mass is 465 g/mol. The number of benzene rings is 2. The molecule has 2 amide bonds. The second-order valence-electron chi connectivity index (χ2n) is 6.88. The molecule has 30 heavy (non-hydrogen) atoms. The molecule has 0 spiro atoms. The number of piperazine rings is 1. The summed E-state index contributed by atoms with van der Waals surface area (Å²) in [4.78, 5) is 28.1. The number of hydrogen-bond donors (Lipinski definition) is 1. The van der Waals surface area contributed by atoms with Crippen LogP contribution in [0.1, 0.15) is 18.9 Å². The van der Waals surface area contributed by atoms with E-state index in [2.05, 4.69) is 10.2 Å². The third-order valence-electron chi connectivity index (χ3n) is 4.87. The molecule has 158 valence electrons. The van der Waals surface area contributed by atoms with Crippen molar-refractivity contribution >= 4 is 64.1 Å². The van der Waals surface area contributed by atoms with Gasteiger partial charge in [-0.1, -0.05) is 47.8 Å². The fraction of sp³-hybridized carbons (Fsp3) is 0.273. The number of hydrogen-bond acceptors (Lipinski definition) is 3. The van der Waals surface area contributed by atoms with Gasteiger partial charge in [0.05, 0.1) is 10.7 Å². The molecule has 0 aliphatic carbocycles. The first-order valence-corrected chi connectivity index (χ1v) is 10.8. The topological polar surface area (TPSA) is 52.7 Å². The smallest absolute Gasteiger partial charge is 0.248 e. The third kappa shape index (κ3) is 5.69. The van der Waals surface area contributed by atoms with Crippen LogP contribution in [0.15, 0.2) is 42.5 Å². The number of halogens is 3. The number of rotatable bonds is 5. The first kappa shape index (κ1) is 22.5. The summed E-state index contributed by atoms with van der Waals surface area (Å²) in [5.74, 6) is -0.122. The summed E-state index contributed by atoms with van der Waals surface area (Å²) in [6.07, 6.45) is 3.55. The van der Waals surface area contributed by atoms with E-state index in [0.29, 0.717) is 45.8 Å². The Morgan fingerprint density at radius 2 is 1.73 bits per heavy atom. The largest absolute Gasteiger partial charge is 0.367 e. The zero-order valence-corrected chi connectivity index (χ0v) is 18.8. The van der Waals surface area contributed by atoms with Crippen LogP contribution in [0, 0.1) is 0 Å². The molecule has 2 aromatic rings. The van der Waals surface area contributed by atoms with Gasteiger partial charge in [0.1, 0.15) is 0 Å². The van der Waals surface area contributed by atoms with Gasteiger partial charge in [-0.2, -0.15) is 0 Å². The molecule has 1 aliphatic heterocycles. The van der Waals surface area contributed by atoms with Crippen molar-refractivity contribution in [2.75, 3.05) is 36.4 Å². The van der Waals surface area contributed by atoms with Crippen molar-refractivity contribution in [2.45, 2.75) is 13.3 Å². The molecule has 0 saturated carbocycles. The molecule has 1 aliphatic rings. The zero-order valence-electron chi connectivity index (χ0n) is 16.5. The van der Waals surface area contributed by atoms with E-state index in [4.69, 9.17) is 34.8 Å². The van der Waals surface area contributed by atoms with E-state index in [9.17, 15) is 9.59 Å². The van der Waals surface area contributed by atoms with Gasteiger partial charge in [-0.25, -0.2) is 0 Å². The average molecular weight is 467 g/mol.